The van der Waals surface area contributed by atoms with E-state index in [9.17, 15) is 19.5 Å². The van der Waals surface area contributed by atoms with Crippen LogP contribution in [0.3, 0.4) is 0 Å². The molecule has 1 aromatic carbocycles. The average Bonchev–Trinajstić information content (AvgIpc) is 3.45. The fourth-order valence-corrected chi connectivity index (χ4v) is 6.51. The third-order valence-electron chi connectivity index (χ3n) is 8.64. The molecule has 8 heteroatoms. The zero-order valence-electron chi connectivity index (χ0n) is 21.0. The largest absolute Gasteiger partial charge is 0.514 e. The van der Waals surface area contributed by atoms with Crippen molar-refractivity contribution in [2.45, 2.75) is 69.5 Å². The molecule has 0 aromatic heterocycles. The maximum atomic E-state index is 13.8. The van der Waals surface area contributed by atoms with Gasteiger partial charge in [0.1, 0.15) is 5.60 Å². The van der Waals surface area contributed by atoms with E-state index in [4.69, 9.17) is 14.2 Å². The molecule has 0 radical (unpaired) electrons. The SMILES string of the molecule is C[C@H]1C/C=C/C2[C@@H]3O[C@]3(C)[C@@H](C)[C@H]3[C@H](Cc4ccccc4)NC(=O)[C@@]23OC(=O)O/C=C/[C@@](C)(O)C1=O. The highest BCUT2D eigenvalue weighted by Crippen LogP contribution is 2.63. The summed E-state index contributed by atoms with van der Waals surface area (Å²) in [5.74, 6) is -2.32. The molecule has 3 heterocycles. The first kappa shape index (κ1) is 24.7. The molecule has 1 amide bonds. The maximum absolute atomic E-state index is 13.8. The molecule has 36 heavy (non-hydrogen) atoms. The van der Waals surface area contributed by atoms with E-state index in [0.717, 1.165) is 17.9 Å². The second-order valence-electron chi connectivity index (χ2n) is 11.0. The number of carbonyl (C=O) groups is 3. The highest BCUT2D eigenvalue weighted by Gasteiger charge is 2.78. The molecule has 5 rings (SSSR count). The molecule has 1 aliphatic carbocycles. The van der Waals surface area contributed by atoms with E-state index in [2.05, 4.69) is 5.32 Å². The Hall–Kier alpha value is -2.97. The van der Waals surface area contributed by atoms with Gasteiger partial charge < -0.3 is 24.6 Å². The standard InChI is InChI=1S/C28H33NO7/c1-16-9-8-12-19-23-27(4,35-23)17(2)21-20(15-18-10-6-5-7-11-18)29-24(31)28(19,21)36-25(32)34-14-13-26(3,33)22(16)30/h5-8,10-14,16-17,19-21,23,33H,9,15H2,1-4H3,(H,29,31)/b12-8+,14-13+/t16-,17-,19?,20-,21-,23-,26+,27+,28+/m0/s1. The summed E-state index contributed by atoms with van der Waals surface area (Å²) >= 11 is 0. The van der Waals surface area contributed by atoms with Crippen LogP contribution < -0.4 is 5.32 Å². The Bertz CT molecular complexity index is 1130. The summed E-state index contributed by atoms with van der Waals surface area (Å²) in [5, 5.41) is 13.7. The number of Topliss-reactive ketones (excluding diaryl/α,β-unsaturated/α-hetero) is 1. The molecule has 0 bridgehead atoms. The zero-order valence-corrected chi connectivity index (χ0v) is 21.0. The van der Waals surface area contributed by atoms with Gasteiger partial charge in [-0.3, -0.25) is 9.59 Å². The van der Waals surface area contributed by atoms with Crippen LogP contribution in [-0.2, 0) is 30.2 Å². The van der Waals surface area contributed by atoms with Gasteiger partial charge in [0.2, 0.25) is 5.60 Å². The summed E-state index contributed by atoms with van der Waals surface area (Å²) in [5.41, 5.74) is -2.76. The second kappa shape index (κ2) is 8.56. The Balaban J connectivity index is 1.58. The number of benzene rings is 1. The zero-order chi connectivity index (χ0) is 25.9. The summed E-state index contributed by atoms with van der Waals surface area (Å²) in [6.45, 7) is 7.15. The van der Waals surface area contributed by atoms with E-state index in [0.29, 0.717) is 12.8 Å². The summed E-state index contributed by atoms with van der Waals surface area (Å²) in [6.07, 6.45) is 5.28. The molecule has 3 fully saturated rings. The lowest BCUT2D eigenvalue weighted by atomic mass is 9.59. The first-order valence-electron chi connectivity index (χ1n) is 12.5. The highest BCUT2D eigenvalue weighted by atomic mass is 16.7. The van der Waals surface area contributed by atoms with Crippen molar-refractivity contribution in [3.63, 3.8) is 0 Å². The normalized spacial score (nSPS) is 45.8. The summed E-state index contributed by atoms with van der Waals surface area (Å²) in [7, 11) is 0. The van der Waals surface area contributed by atoms with E-state index in [1.54, 1.807) is 6.92 Å². The molecule has 1 aromatic rings. The number of hydrogen-bond donors (Lipinski definition) is 2. The third kappa shape index (κ3) is 3.78. The first-order chi connectivity index (χ1) is 17.0. The lowest BCUT2D eigenvalue weighted by molar-refractivity contribution is -0.153. The Morgan fingerprint density at radius 2 is 1.83 bits per heavy atom. The lowest BCUT2D eigenvalue weighted by Crippen LogP contribution is -2.61. The monoisotopic (exact) mass is 495 g/mol. The maximum Gasteiger partial charge on any atom is 0.514 e. The molecular weight excluding hydrogens is 462 g/mol. The van der Waals surface area contributed by atoms with Crippen molar-refractivity contribution in [3.8, 4) is 0 Å². The van der Waals surface area contributed by atoms with Gasteiger partial charge in [-0.1, -0.05) is 56.3 Å². The van der Waals surface area contributed by atoms with Crippen LogP contribution in [0.2, 0.25) is 0 Å². The number of fused-ring (bicyclic) bond motifs is 2. The number of epoxide rings is 1. The number of rotatable bonds is 2. The van der Waals surface area contributed by atoms with Crippen LogP contribution in [0.5, 0.6) is 0 Å². The van der Waals surface area contributed by atoms with Crippen molar-refractivity contribution in [2.24, 2.45) is 23.7 Å². The molecule has 1 unspecified atom stereocenters. The van der Waals surface area contributed by atoms with E-state index in [1.807, 2.05) is 56.3 Å². The van der Waals surface area contributed by atoms with E-state index >= 15 is 0 Å². The van der Waals surface area contributed by atoms with Gasteiger partial charge in [-0.2, -0.15) is 0 Å². The molecule has 8 nitrogen and oxygen atoms in total. The highest BCUT2D eigenvalue weighted by molar-refractivity contribution is 5.92. The van der Waals surface area contributed by atoms with E-state index < -0.39 is 40.6 Å². The van der Waals surface area contributed by atoms with Crippen LogP contribution in [0.15, 0.2) is 54.8 Å². The quantitative estimate of drug-likeness (QED) is 0.368. The van der Waals surface area contributed by atoms with Gasteiger partial charge in [0.05, 0.1) is 23.9 Å². The number of ether oxygens (including phenoxy) is 3. The van der Waals surface area contributed by atoms with Crippen LogP contribution in [0, 0.1) is 23.7 Å². The number of hydrogen-bond acceptors (Lipinski definition) is 7. The van der Waals surface area contributed by atoms with Crippen LogP contribution >= 0.6 is 0 Å². The van der Waals surface area contributed by atoms with Gasteiger partial charge in [0.15, 0.2) is 5.78 Å². The van der Waals surface area contributed by atoms with Crippen molar-refractivity contribution < 1.29 is 33.7 Å². The summed E-state index contributed by atoms with van der Waals surface area (Å²) < 4.78 is 17.3. The number of nitrogens with one attached hydrogen (secondary N) is 1. The Kier molecular flexibility index (Phi) is 5.87. The number of ketones is 1. The average molecular weight is 496 g/mol. The second-order valence-corrected chi connectivity index (χ2v) is 11.0. The predicted molar refractivity (Wildman–Crippen MR) is 129 cm³/mol. The van der Waals surface area contributed by atoms with E-state index in [1.165, 1.54) is 6.92 Å². The molecule has 2 N–H and O–H groups in total. The molecule has 4 aliphatic rings. The molecule has 9 atom stereocenters. The van der Waals surface area contributed by atoms with Gasteiger partial charge in [-0.25, -0.2) is 4.79 Å². The Morgan fingerprint density at radius 1 is 1.11 bits per heavy atom. The third-order valence-corrected chi connectivity index (χ3v) is 8.64. The van der Waals surface area contributed by atoms with E-state index in [-0.39, 0.29) is 29.9 Å². The summed E-state index contributed by atoms with van der Waals surface area (Å²) in [4.78, 5) is 39.5. The number of allylic oxidation sites excluding steroid dienone is 1. The number of carbonyl (C=O) groups excluding carboxylic acids is 3. The van der Waals surface area contributed by atoms with Gasteiger partial charge in [-0.15, -0.1) is 0 Å². The molecule has 1 saturated carbocycles. The fourth-order valence-electron chi connectivity index (χ4n) is 6.51. The number of cyclic esters (lactones) is 1. The van der Waals surface area contributed by atoms with Crippen molar-refractivity contribution in [2.75, 3.05) is 0 Å². The summed E-state index contributed by atoms with van der Waals surface area (Å²) in [6, 6.07) is 9.58. The minimum absolute atomic E-state index is 0.0972. The van der Waals surface area contributed by atoms with Crippen molar-refractivity contribution >= 4 is 17.8 Å². The van der Waals surface area contributed by atoms with Crippen molar-refractivity contribution in [1.82, 2.24) is 5.32 Å². The van der Waals surface area contributed by atoms with Crippen LogP contribution in [-0.4, -0.2) is 51.9 Å². The Labute approximate surface area is 210 Å². The number of aliphatic hydroxyl groups is 1. The Morgan fingerprint density at radius 3 is 2.56 bits per heavy atom. The minimum Gasteiger partial charge on any atom is -0.416 e. The topological polar surface area (TPSA) is 114 Å². The lowest BCUT2D eigenvalue weighted by Gasteiger charge is -2.45. The molecule has 192 valence electrons. The van der Waals surface area contributed by atoms with Crippen LogP contribution in [0.25, 0.3) is 0 Å². The fraction of sp³-hybridized carbons (Fsp3) is 0.536. The smallest absolute Gasteiger partial charge is 0.416 e. The van der Waals surface area contributed by atoms with Gasteiger partial charge in [0.25, 0.3) is 5.91 Å². The van der Waals surface area contributed by atoms with Gasteiger partial charge in [-0.05, 0) is 44.2 Å². The van der Waals surface area contributed by atoms with Crippen LogP contribution in [0.1, 0.15) is 39.7 Å². The molecule has 1 spiro atoms. The molecule has 3 aliphatic heterocycles. The van der Waals surface area contributed by atoms with Crippen molar-refractivity contribution in [1.29, 1.82) is 0 Å². The number of amides is 1. The first-order valence-corrected chi connectivity index (χ1v) is 12.5. The van der Waals surface area contributed by atoms with Gasteiger partial charge >= 0.3 is 6.16 Å². The molecule has 2 saturated heterocycles. The molecular formula is C28H33NO7. The predicted octanol–water partition coefficient (Wildman–Crippen LogP) is 3.09. The van der Waals surface area contributed by atoms with Gasteiger partial charge in [0, 0.05) is 17.9 Å². The van der Waals surface area contributed by atoms with Crippen LogP contribution in [0.4, 0.5) is 4.79 Å². The minimum atomic E-state index is -1.81. The van der Waals surface area contributed by atoms with Crippen molar-refractivity contribution in [3.05, 3.63) is 60.4 Å².